The van der Waals surface area contributed by atoms with Crippen molar-refractivity contribution in [2.75, 3.05) is 0 Å². The van der Waals surface area contributed by atoms with E-state index in [2.05, 4.69) is 0 Å². The van der Waals surface area contributed by atoms with Gasteiger partial charge in [-0.05, 0) is 44.8 Å². The molecule has 1 heterocycles. The Balaban J connectivity index is 2.12. The van der Waals surface area contributed by atoms with E-state index in [9.17, 15) is 0 Å². The van der Waals surface area contributed by atoms with Crippen molar-refractivity contribution in [3.8, 4) is 0 Å². The van der Waals surface area contributed by atoms with Crippen molar-refractivity contribution in [2.24, 2.45) is 0 Å². The normalized spacial score (nSPS) is 17.9. The standard InChI is InChI=1S/C9H13NOS2/c1-7-6-13-9(12)10(7)11-8-4-2-3-5-8/h6,8H,2-5H2,1H3. The van der Waals surface area contributed by atoms with Crippen LogP contribution in [-0.4, -0.2) is 10.8 Å². The largest absolute Gasteiger partial charge is 0.409 e. The van der Waals surface area contributed by atoms with Crippen LogP contribution in [0.2, 0.25) is 0 Å². The molecule has 0 aliphatic heterocycles. The van der Waals surface area contributed by atoms with Crippen LogP contribution >= 0.6 is 23.6 Å². The summed E-state index contributed by atoms with van der Waals surface area (Å²) in [6, 6.07) is 0. The van der Waals surface area contributed by atoms with E-state index in [4.69, 9.17) is 17.1 Å². The number of aromatic nitrogens is 1. The molecule has 0 radical (unpaired) electrons. The summed E-state index contributed by atoms with van der Waals surface area (Å²) in [6.07, 6.45) is 5.33. The summed E-state index contributed by atoms with van der Waals surface area (Å²) in [5.74, 6) is 0. The van der Waals surface area contributed by atoms with Crippen LogP contribution in [0.4, 0.5) is 0 Å². The minimum atomic E-state index is 0.389. The predicted molar refractivity (Wildman–Crippen MR) is 56.7 cm³/mol. The van der Waals surface area contributed by atoms with Crippen LogP contribution in [0.5, 0.6) is 0 Å². The van der Waals surface area contributed by atoms with Gasteiger partial charge in [0, 0.05) is 5.38 Å². The summed E-state index contributed by atoms with van der Waals surface area (Å²) in [5, 5.41) is 2.04. The van der Waals surface area contributed by atoms with Crippen LogP contribution in [0.1, 0.15) is 31.4 Å². The van der Waals surface area contributed by atoms with Crippen LogP contribution in [0.25, 0.3) is 0 Å². The van der Waals surface area contributed by atoms with E-state index < -0.39 is 0 Å². The van der Waals surface area contributed by atoms with E-state index >= 15 is 0 Å². The molecular weight excluding hydrogens is 202 g/mol. The zero-order chi connectivity index (χ0) is 9.26. The molecule has 2 rings (SSSR count). The Labute approximate surface area is 87.1 Å². The summed E-state index contributed by atoms with van der Waals surface area (Å²) >= 11 is 6.73. The molecular formula is C9H13NOS2. The molecule has 1 aromatic heterocycles. The lowest BCUT2D eigenvalue weighted by molar-refractivity contribution is 0.0373. The van der Waals surface area contributed by atoms with Crippen molar-refractivity contribution in [1.82, 2.24) is 4.73 Å². The smallest absolute Gasteiger partial charge is 0.196 e. The van der Waals surface area contributed by atoms with Gasteiger partial charge < -0.3 is 4.84 Å². The highest BCUT2D eigenvalue weighted by Gasteiger charge is 2.17. The molecule has 72 valence electrons. The number of aryl methyl sites for hydroxylation is 1. The fourth-order valence-corrected chi connectivity index (χ4v) is 2.63. The number of hydrogen-bond acceptors (Lipinski definition) is 3. The molecule has 0 unspecified atom stereocenters. The van der Waals surface area contributed by atoms with Gasteiger partial charge in [0.1, 0.15) is 6.10 Å². The molecule has 0 N–H and O–H groups in total. The van der Waals surface area contributed by atoms with Crippen LogP contribution in [0.3, 0.4) is 0 Å². The quantitative estimate of drug-likeness (QED) is 0.704. The first kappa shape index (κ1) is 9.21. The number of nitrogens with zero attached hydrogens (tertiary/aromatic N) is 1. The van der Waals surface area contributed by atoms with Crippen LogP contribution in [0.15, 0.2) is 5.38 Å². The van der Waals surface area contributed by atoms with Gasteiger partial charge in [0.05, 0.1) is 5.69 Å². The van der Waals surface area contributed by atoms with Crippen molar-refractivity contribution < 1.29 is 4.84 Å². The minimum Gasteiger partial charge on any atom is -0.409 e. The third-order valence-electron chi connectivity index (χ3n) is 2.37. The number of thiazole rings is 1. The first-order valence-electron chi connectivity index (χ1n) is 4.61. The van der Waals surface area contributed by atoms with Gasteiger partial charge in [-0.3, -0.25) is 0 Å². The molecule has 13 heavy (non-hydrogen) atoms. The lowest BCUT2D eigenvalue weighted by atomic mass is 10.3. The Morgan fingerprint density at radius 2 is 2.23 bits per heavy atom. The van der Waals surface area contributed by atoms with Gasteiger partial charge in [0.15, 0.2) is 3.95 Å². The average Bonchev–Trinajstić information content (AvgIpc) is 2.70. The summed E-state index contributed by atoms with van der Waals surface area (Å²) in [5.41, 5.74) is 1.11. The molecule has 1 fully saturated rings. The van der Waals surface area contributed by atoms with E-state index in [1.165, 1.54) is 25.7 Å². The molecule has 1 aliphatic carbocycles. The van der Waals surface area contributed by atoms with Crippen LogP contribution < -0.4 is 4.84 Å². The maximum Gasteiger partial charge on any atom is 0.196 e. The van der Waals surface area contributed by atoms with Gasteiger partial charge in [-0.1, -0.05) is 0 Å². The van der Waals surface area contributed by atoms with Crippen molar-refractivity contribution in [3.05, 3.63) is 15.0 Å². The average molecular weight is 215 g/mol. The highest BCUT2D eigenvalue weighted by molar-refractivity contribution is 7.73. The topological polar surface area (TPSA) is 14.2 Å². The fourth-order valence-electron chi connectivity index (χ4n) is 1.64. The Kier molecular flexibility index (Phi) is 2.69. The van der Waals surface area contributed by atoms with Gasteiger partial charge in [0.25, 0.3) is 0 Å². The number of rotatable bonds is 2. The Morgan fingerprint density at radius 1 is 1.54 bits per heavy atom. The molecule has 1 aliphatic rings. The summed E-state index contributed by atoms with van der Waals surface area (Å²) in [7, 11) is 0. The van der Waals surface area contributed by atoms with Crippen molar-refractivity contribution in [1.29, 1.82) is 0 Å². The molecule has 2 nitrogen and oxygen atoms in total. The monoisotopic (exact) mass is 215 g/mol. The maximum absolute atomic E-state index is 5.80. The van der Waals surface area contributed by atoms with E-state index in [0.717, 1.165) is 9.65 Å². The third-order valence-corrected chi connectivity index (χ3v) is 3.65. The Hall–Kier alpha value is -0.350. The van der Waals surface area contributed by atoms with Gasteiger partial charge >= 0.3 is 0 Å². The summed E-state index contributed by atoms with van der Waals surface area (Å²) < 4.78 is 2.63. The van der Waals surface area contributed by atoms with Crippen molar-refractivity contribution >= 4 is 23.6 Å². The second kappa shape index (κ2) is 3.80. The van der Waals surface area contributed by atoms with Gasteiger partial charge in [-0.15, -0.1) is 11.3 Å². The molecule has 4 heteroatoms. The second-order valence-corrected chi connectivity index (χ2v) is 4.95. The molecule has 1 aromatic rings. The minimum absolute atomic E-state index is 0.389. The van der Waals surface area contributed by atoms with Gasteiger partial charge in [0.2, 0.25) is 0 Å². The van der Waals surface area contributed by atoms with E-state index in [1.807, 2.05) is 12.3 Å². The number of hydrogen-bond donors (Lipinski definition) is 0. The third kappa shape index (κ3) is 1.94. The van der Waals surface area contributed by atoms with E-state index in [-0.39, 0.29) is 0 Å². The molecule has 0 saturated heterocycles. The lowest BCUT2D eigenvalue weighted by Gasteiger charge is -2.13. The van der Waals surface area contributed by atoms with Gasteiger partial charge in [-0.25, -0.2) is 0 Å². The molecule has 0 atom stereocenters. The molecule has 0 aromatic carbocycles. The highest BCUT2D eigenvalue weighted by atomic mass is 32.1. The predicted octanol–water partition coefficient (Wildman–Crippen LogP) is 2.96. The molecule has 1 saturated carbocycles. The molecule has 0 bridgehead atoms. The van der Waals surface area contributed by atoms with Crippen LogP contribution in [-0.2, 0) is 0 Å². The summed E-state index contributed by atoms with van der Waals surface area (Å²) in [6.45, 7) is 2.03. The SMILES string of the molecule is Cc1csc(=S)n1OC1CCCC1. The first-order chi connectivity index (χ1) is 6.27. The summed E-state index contributed by atoms with van der Waals surface area (Å²) in [4.78, 5) is 5.80. The van der Waals surface area contributed by atoms with Gasteiger partial charge in [-0.2, -0.15) is 4.73 Å². The van der Waals surface area contributed by atoms with Crippen molar-refractivity contribution in [3.63, 3.8) is 0 Å². The Bertz CT molecular complexity index is 336. The Morgan fingerprint density at radius 3 is 2.77 bits per heavy atom. The van der Waals surface area contributed by atoms with Crippen LogP contribution in [0, 0.1) is 10.9 Å². The van der Waals surface area contributed by atoms with Crippen molar-refractivity contribution in [2.45, 2.75) is 38.7 Å². The highest BCUT2D eigenvalue weighted by Crippen LogP contribution is 2.20. The lowest BCUT2D eigenvalue weighted by Crippen LogP contribution is -2.22. The molecule has 0 spiro atoms. The fraction of sp³-hybridized carbons (Fsp3) is 0.667. The second-order valence-electron chi connectivity index (χ2n) is 3.45. The van der Waals surface area contributed by atoms with E-state index in [0.29, 0.717) is 6.10 Å². The zero-order valence-corrected chi connectivity index (χ0v) is 9.29. The first-order valence-corrected chi connectivity index (χ1v) is 5.90. The zero-order valence-electron chi connectivity index (χ0n) is 7.66. The maximum atomic E-state index is 5.80. The molecule has 0 amide bonds. The van der Waals surface area contributed by atoms with E-state index in [1.54, 1.807) is 16.1 Å².